The maximum absolute atomic E-state index is 14.4. The molecule has 164 valence electrons. The Balaban J connectivity index is 1.65. The second-order valence-corrected chi connectivity index (χ2v) is 7.72. The lowest BCUT2D eigenvalue weighted by Crippen LogP contribution is -2.35. The number of nitrogens with one attached hydrogen (secondary N) is 1. The minimum absolute atomic E-state index is 0.0110. The summed E-state index contributed by atoms with van der Waals surface area (Å²) in [7, 11) is 0. The second kappa shape index (κ2) is 8.97. The summed E-state index contributed by atoms with van der Waals surface area (Å²) in [5.74, 6) is -0.655. The first kappa shape index (κ1) is 21.2. The van der Waals surface area contributed by atoms with E-state index in [0.29, 0.717) is 48.4 Å². The quantitative estimate of drug-likeness (QED) is 0.603. The molecule has 31 heavy (non-hydrogen) atoms. The highest BCUT2D eigenvalue weighted by Crippen LogP contribution is 2.36. The Bertz CT molecular complexity index is 1090. The normalized spacial score (nSPS) is 17.3. The van der Waals surface area contributed by atoms with Crippen LogP contribution < -0.4 is 10.2 Å². The van der Waals surface area contributed by atoms with E-state index >= 15 is 0 Å². The molecule has 3 aromatic rings. The molecule has 2 unspecified atom stereocenters. The first-order chi connectivity index (χ1) is 15.0. The van der Waals surface area contributed by atoms with Gasteiger partial charge in [0.25, 0.3) is 5.91 Å². The largest absolute Gasteiger partial charge is 0.396 e. The van der Waals surface area contributed by atoms with Gasteiger partial charge in [-0.05, 0) is 49.9 Å². The lowest BCUT2D eigenvalue weighted by Gasteiger charge is -2.26. The number of aromatic nitrogens is 3. The molecule has 0 saturated carbocycles. The van der Waals surface area contributed by atoms with Gasteiger partial charge in [-0.25, -0.2) is 18.3 Å². The number of carbonyl (C=O) groups is 1. The zero-order valence-corrected chi connectivity index (χ0v) is 17.3. The average Bonchev–Trinajstić information content (AvgIpc) is 3.41. The van der Waals surface area contributed by atoms with Crippen molar-refractivity contribution >= 4 is 17.4 Å². The Morgan fingerprint density at radius 1 is 1.35 bits per heavy atom. The molecular weight excluding hydrogens is 404 g/mol. The lowest BCUT2D eigenvalue weighted by atomic mass is 10.0. The van der Waals surface area contributed by atoms with Gasteiger partial charge in [-0.3, -0.25) is 4.79 Å². The van der Waals surface area contributed by atoms with Crippen molar-refractivity contribution in [3.8, 4) is 0 Å². The summed E-state index contributed by atoms with van der Waals surface area (Å²) >= 11 is 0. The van der Waals surface area contributed by atoms with Crippen molar-refractivity contribution in [1.82, 2.24) is 19.9 Å². The number of hydrogen-bond acceptors (Lipinski definition) is 5. The van der Waals surface area contributed by atoms with E-state index < -0.39 is 11.6 Å². The van der Waals surface area contributed by atoms with Crippen molar-refractivity contribution in [3.05, 3.63) is 59.4 Å². The fourth-order valence-corrected chi connectivity index (χ4v) is 4.11. The van der Waals surface area contributed by atoms with E-state index in [0.717, 1.165) is 18.6 Å². The van der Waals surface area contributed by atoms with Crippen molar-refractivity contribution in [2.45, 2.75) is 44.7 Å². The summed E-state index contributed by atoms with van der Waals surface area (Å²) < 4.78 is 29.7. The first-order valence-electron chi connectivity index (χ1n) is 10.5. The van der Waals surface area contributed by atoms with Gasteiger partial charge in [0.1, 0.15) is 23.0 Å². The van der Waals surface area contributed by atoms with Crippen molar-refractivity contribution in [3.63, 3.8) is 0 Å². The molecule has 1 aromatic carbocycles. The van der Waals surface area contributed by atoms with Crippen LogP contribution in [-0.4, -0.2) is 44.8 Å². The van der Waals surface area contributed by atoms with Crippen LogP contribution in [0.25, 0.3) is 5.65 Å². The monoisotopic (exact) mass is 429 g/mol. The third-order valence-electron chi connectivity index (χ3n) is 5.77. The van der Waals surface area contributed by atoms with E-state index in [2.05, 4.69) is 15.4 Å². The molecule has 1 amide bonds. The highest BCUT2D eigenvalue weighted by Gasteiger charge is 2.30. The summed E-state index contributed by atoms with van der Waals surface area (Å²) in [6.07, 6.45) is 5.82. The van der Waals surface area contributed by atoms with Crippen LogP contribution in [0.15, 0.2) is 36.7 Å². The average molecular weight is 429 g/mol. The lowest BCUT2D eigenvalue weighted by molar-refractivity contribution is 0.0930. The number of halogens is 2. The zero-order valence-electron chi connectivity index (χ0n) is 17.3. The van der Waals surface area contributed by atoms with Crippen LogP contribution in [-0.2, 0) is 0 Å². The topological polar surface area (TPSA) is 82.8 Å². The van der Waals surface area contributed by atoms with Crippen molar-refractivity contribution < 1.29 is 18.7 Å². The van der Waals surface area contributed by atoms with Gasteiger partial charge in [0.2, 0.25) is 0 Å². The zero-order chi connectivity index (χ0) is 22.0. The number of fused-ring (bicyclic) bond motifs is 1. The van der Waals surface area contributed by atoms with Gasteiger partial charge >= 0.3 is 0 Å². The highest BCUT2D eigenvalue weighted by atomic mass is 19.1. The molecule has 1 aliphatic rings. The van der Waals surface area contributed by atoms with Crippen LogP contribution in [0.2, 0.25) is 0 Å². The molecule has 2 N–H and O–H groups in total. The number of aliphatic hydroxyl groups is 1. The van der Waals surface area contributed by atoms with Crippen LogP contribution in [0, 0.1) is 11.6 Å². The molecule has 0 spiro atoms. The molecule has 1 saturated heterocycles. The third-order valence-corrected chi connectivity index (χ3v) is 5.77. The van der Waals surface area contributed by atoms with Crippen molar-refractivity contribution in [2.24, 2.45) is 0 Å². The second-order valence-electron chi connectivity index (χ2n) is 7.72. The molecule has 2 atom stereocenters. The van der Waals surface area contributed by atoms with Gasteiger partial charge in [-0.15, -0.1) is 0 Å². The Morgan fingerprint density at radius 2 is 2.19 bits per heavy atom. The number of hydrogen-bond donors (Lipinski definition) is 2. The maximum atomic E-state index is 14.4. The van der Waals surface area contributed by atoms with Crippen LogP contribution in [0.3, 0.4) is 0 Å². The SMILES string of the molecule is CCC(CCO)NC(=O)c1cnn2ccc(N3CCCC3c3cc(F)ccc3F)nc12. The van der Waals surface area contributed by atoms with E-state index in [1.165, 1.54) is 16.8 Å². The molecule has 7 nitrogen and oxygen atoms in total. The molecule has 1 aliphatic heterocycles. The minimum atomic E-state index is -0.477. The number of amides is 1. The van der Waals surface area contributed by atoms with Gasteiger partial charge < -0.3 is 15.3 Å². The van der Waals surface area contributed by atoms with Crippen LogP contribution in [0.5, 0.6) is 0 Å². The van der Waals surface area contributed by atoms with E-state index in [1.807, 2.05) is 11.8 Å². The Hall–Kier alpha value is -3.07. The van der Waals surface area contributed by atoms with E-state index in [-0.39, 0.29) is 24.6 Å². The molecule has 0 aliphatic carbocycles. The van der Waals surface area contributed by atoms with Gasteiger partial charge in [-0.1, -0.05) is 6.92 Å². The predicted octanol–water partition coefficient (Wildman–Crippen LogP) is 3.24. The maximum Gasteiger partial charge on any atom is 0.256 e. The van der Waals surface area contributed by atoms with E-state index in [9.17, 15) is 13.6 Å². The molecule has 0 bridgehead atoms. The number of aliphatic hydroxyl groups excluding tert-OH is 1. The van der Waals surface area contributed by atoms with Crippen LogP contribution >= 0.6 is 0 Å². The van der Waals surface area contributed by atoms with Gasteiger partial charge in [0, 0.05) is 31.0 Å². The standard InChI is InChI=1S/C22H25F2N5O2/c1-2-15(8-11-30)26-22(31)17-13-25-29-10-7-20(27-21(17)29)28-9-3-4-19(28)16-12-14(23)5-6-18(16)24/h5-7,10,12-13,15,19,30H,2-4,8-9,11H2,1H3,(H,26,31). The summed E-state index contributed by atoms with van der Waals surface area (Å²) in [5.41, 5.74) is 1.02. The van der Waals surface area contributed by atoms with Crippen molar-refractivity contribution in [2.75, 3.05) is 18.1 Å². The fourth-order valence-electron chi connectivity index (χ4n) is 4.11. The molecule has 3 heterocycles. The third kappa shape index (κ3) is 4.23. The molecule has 9 heteroatoms. The molecule has 2 aromatic heterocycles. The number of carbonyl (C=O) groups excluding carboxylic acids is 1. The Morgan fingerprint density at radius 3 is 2.97 bits per heavy atom. The highest BCUT2D eigenvalue weighted by molar-refractivity contribution is 5.99. The molecular formula is C22H25F2N5O2. The molecule has 4 rings (SSSR count). The predicted molar refractivity (Wildman–Crippen MR) is 112 cm³/mol. The van der Waals surface area contributed by atoms with Gasteiger partial charge in [0.05, 0.1) is 12.2 Å². The molecule has 1 fully saturated rings. The Kier molecular flexibility index (Phi) is 6.13. The van der Waals surface area contributed by atoms with Crippen molar-refractivity contribution in [1.29, 1.82) is 0 Å². The number of benzene rings is 1. The van der Waals surface area contributed by atoms with E-state index in [4.69, 9.17) is 5.11 Å². The smallest absolute Gasteiger partial charge is 0.256 e. The van der Waals surface area contributed by atoms with E-state index in [1.54, 1.807) is 12.3 Å². The Labute approximate surface area is 178 Å². The number of rotatable bonds is 7. The van der Waals surface area contributed by atoms with Crippen LogP contribution in [0.4, 0.5) is 14.6 Å². The van der Waals surface area contributed by atoms with Gasteiger partial charge in [0.15, 0.2) is 5.65 Å². The number of nitrogens with zero attached hydrogens (tertiary/aromatic N) is 4. The number of anilines is 1. The summed E-state index contributed by atoms with van der Waals surface area (Å²) in [5, 5.41) is 16.3. The fraction of sp³-hybridized carbons (Fsp3) is 0.409. The summed E-state index contributed by atoms with van der Waals surface area (Å²) in [6, 6.07) is 4.78. The molecule has 0 radical (unpaired) electrons. The summed E-state index contributed by atoms with van der Waals surface area (Å²) in [6.45, 7) is 2.57. The summed E-state index contributed by atoms with van der Waals surface area (Å²) in [4.78, 5) is 19.4. The van der Waals surface area contributed by atoms with Crippen LogP contribution in [0.1, 0.15) is 54.6 Å². The minimum Gasteiger partial charge on any atom is -0.396 e. The first-order valence-corrected chi connectivity index (χ1v) is 10.5. The van der Waals surface area contributed by atoms with Gasteiger partial charge in [-0.2, -0.15) is 5.10 Å².